The normalized spacial score (nSPS) is 10.4. The number of rotatable bonds is 12. The van der Waals surface area contributed by atoms with Crippen molar-refractivity contribution in [3.8, 4) is 0 Å². The van der Waals surface area contributed by atoms with E-state index in [1.165, 1.54) is 16.9 Å². The van der Waals surface area contributed by atoms with E-state index in [0.29, 0.717) is 18.0 Å². The lowest BCUT2D eigenvalue weighted by Crippen LogP contribution is -2.31. The number of nitrogens with one attached hydrogen (secondary N) is 2. The van der Waals surface area contributed by atoms with Gasteiger partial charge in [-0.15, -0.1) is 11.3 Å². The Kier molecular flexibility index (Phi) is 9.27. The topological polar surface area (TPSA) is 75.3 Å². The van der Waals surface area contributed by atoms with Crippen LogP contribution in [0.4, 0.5) is 0 Å². The van der Waals surface area contributed by atoms with E-state index in [9.17, 15) is 14.4 Å². The molecule has 2 rings (SSSR count). The van der Waals surface area contributed by atoms with Gasteiger partial charge in [0.05, 0.1) is 4.88 Å². The van der Waals surface area contributed by atoms with Gasteiger partial charge >= 0.3 is 0 Å². The van der Waals surface area contributed by atoms with Gasteiger partial charge in [-0.05, 0) is 36.3 Å². The summed E-state index contributed by atoms with van der Waals surface area (Å²) in [5, 5.41) is 7.40. The summed E-state index contributed by atoms with van der Waals surface area (Å²) in [7, 11) is 0. The molecule has 0 aliphatic carbocycles. The first-order valence-electron chi connectivity index (χ1n) is 9.29. The summed E-state index contributed by atoms with van der Waals surface area (Å²) in [5.74, 6) is -0.284. The molecule has 0 bridgehead atoms. The predicted octanol–water partition coefficient (Wildman–Crippen LogP) is 3.36. The van der Waals surface area contributed by atoms with Crippen molar-refractivity contribution in [1.82, 2.24) is 10.6 Å². The summed E-state index contributed by atoms with van der Waals surface area (Å²) in [4.78, 5) is 36.0. The Hall–Kier alpha value is -2.47. The van der Waals surface area contributed by atoms with Gasteiger partial charge in [-0.25, -0.2) is 0 Å². The first kappa shape index (κ1) is 20.8. The Balaban J connectivity index is 1.46. The summed E-state index contributed by atoms with van der Waals surface area (Å²) >= 11 is 1.38. The molecule has 144 valence electrons. The molecule has 1 heterocycles. The third-order valence-electron chi connectivity index (χ3n) is 4.11. The van der Waals surface area contributed by atoms with Gasteiger partial charge < -0.3 is 10.6 Å². The number of ketones is 1. The van der Waals surface area contributed by atoms with Gasteiger partial charge in [-0.2, -0.15) is 0 Å². The number of carbonyl (C=O) groups excluding carboxylic acids is 3. The van der Waals surface area contributed by atoms with Crippen molar-refractivity contribution in [3.63, 3.8) is 0 Å². The summed E-state index contributed by atoms with van der Waals surface area (Å²) < 4.78 is 0. The number of carbonyl (C=O) groups is 3. The average Bonchev–Trinajstić information content (AvgIpc) is 3.21. The summed E-state index contributed by atoms with van der Waals surface area (Å²) in [6.07, 6.45) is 3.56. The lowest BCUT2D eigenvalue weighted by Gasteiger charge is -2.07. The van der Waals surface area contributed by atoms with Crippen molar-refractivity contribution in [2.45, 2.75) is 38.5 Å². The Morgan fingerprint density at radius 3 is 2.26 bits per heavy atom. The third-order valence-corrected chi connectivity index (χ3v) is 5.02. The van der Waals surface area contributed by atoms with Crippen LogP contribution in [0.2, 0.25) is 0 Å². The molecule has 0 saturated carbocycles. The third kappa shape index (κ3) is 8.64. The second-order valence-corrected chi connectivity index (χ2v) is 7.24. The Labute approximate surface area is 164 Å². The maximum Gasteiger partial charge on any atom is 0.221 e. The number of aryl methyl sites for hydroxylation is 1. The van der Waals surface area contributed by atoms with Crippen LogP contribution in [0.25, 0.3) is 0 Å². The highest BCUT2D eigenvalue weighted by Crippen LogP contribution is 2.12. The monoisotopic (exact) mass is 386 g/mol. The van der Waals surface area contributed by atoms with E-state index in [1.807, 2.05) is 29.6 Å². The summed E-state index contributed by atoms with van der Waals surface area (Å²) in [5.41, 5.74) is 1.31. The minimum Gasteiger partial charge on any atom is -0.356 e. The van der Waals surface area contributed by atoms with Crippen LogP contribution in [0.3, 0.4) is 0 Å². The molecule has 2 amide bonds. The SMILES string of the molecule is O=C(CCNC(=O)CCC(=O)c1cccs1)NCCCCc1ccccc1. The van der Waals surface area contributed by atoms with E-state index in [4.69, 9.17) is 0 Å². The van der Waals surface area contributed by atoms with Crippen molar-refractivity contribution < 1.29 is 14.4 Å². The second kappa shape index (κ2) is 12.0. The molecule has 0 fully saturated rings. The van der Waals surface area contributed by atoms with E-state index < -0.39 is 0 Å². The average molecular weight is 387 g/mol. The maximum atomic E-state index is 11.8. The predicted molar refractivity (Wildman–Crippen MR) is 108 cm³/mol. The Morgan fingerprint density at radius 1 is 0.778 bits per heavy atom. The van der Waals surface area contributed by atoms with Gasteiger partial charge in [-0.3, -0.25) is 14.4 Å². The molecule has 0 spiro atoms. The van der Waals surface area contributed by atoms with Crippen LogP contribution in [-0.4, -0.2) is 30.7 Å². The second-order valence-electron chi connectivity index (χ2n) is 6.29. The van der Waals surface area contributed by atoms with Crippen LogP contribution in [0, 0.1) is 0 Å². The lowest BCUT2D eigenvalue weighted by atomic mass is 10.1. The minimum atomic E-state index is -0.199. The highest BCUT2D eigenvalue weighted by Gasteiger charge is 2.10. The van der Waals surface area contributed by atoms with E-state index >= 15 is 0 Å². The molecule has 6 heteroatoms. The van der Waals surface area contributed by atoms with Gasteiger partial charge in [0.2, 0.25) is 11.8 Å². The number of benzene rings is 1. The zero-order valence-electron chi connectivity index (χ0n) is 15.4. The molecule has 2 N–H and O–H groups in total. The fraction of sp³-hybridized carbons (Fsp3) is 0.381. The van der Waals surface area contributed by atoms with E-state index in [0.717, 1.165) is 19.3 Å². The highest BCUT2D eigenvalue weighted by molar-refractivity contribution is 7.12. The molecule has 0 unspecified atom stereocenters. The van der Waals surface area contributed by atoms with Gasteiger partial charge in [0.1, 0.15) is 0 Å². The number of hydrogen-bond donors (Lipinski definition) is 2. The Bertz CT molecular complexity index is 714. The van der Waals surface area contributed by atoms with E-state index in [-0.39, 0.29) is 36.9 Å². The molecular weight excluding hydrogens is 360 g/mol. The van der Waals surface area contributed by atoms with Crippen LogP contribution in [0.15, 0.2) is 47.8 Å². The van der Waals surface area contributed by atoms with Crippen LogP contribution in [0.1, 0.15) is 47.3 Å². The van der Waals surface area contributed by atoms with Gasteiger partial charge in [-0.1, -0.05) is 36.4 Å². The van der Waals surface area contributed by atoms with Gasteiger partial charge in [0.15, 0.2) is 5.78 Å². The number of Topliss-reactive ketones (excluding diaryl/α,β-unsaturated/α-hetero) is 1. The first-order chi connectivity index (χ1) is 13.1. The largest absolute Gasteiger partial charge is 0.356 e. The molecule has 0 radical (unpaired) electrons. The fourth-order valence-corrected chi connectivity index (χ4v) is 3.30. The van der Waals surface area contributed by atoms with Gasteiger partial charge in [0, 0.05) is 32.4 Å². The van der Waals surface area contributed by atoms with Crippen molar-refractivity contribution in [1.29, 1.82) is 0 Å². The number of amides is 2. The molecule has 0 aliphatic rings. The van der Waals surface area contributed by atoms with Crippen LogP contribution < -0.4 is 10.6 Å². The Morgan fingerprint density at radius 2 is 1.52 bits per heavy atom. The first-order valence-corrected chi connectivity index (χ1v) is 10.2. The zero-order chi connectivity index (χ0) is 19.3. The number of hydrogen-bond acceptors (Lipinski definition) is 4. The fourth-order valence-electron chi connectivity index (χ4n) is 2.61. The summed E-state index contributed by atoms with van der Waals surface area (Å²) in [6, 6.07) is 13.9. The quantitative estimate of drug-likeness (QED) is 0.434. The van der Waals surface area contributed by atoms with E-state index in [2.05, 4.69) is 22.8 Å². The van der Waals surface area contributed by atoms with Crippen molar-refractivity contribution >= 4 is 28.9 Å². The zero-order valence-corrected chi connectivity index (χ0v) is 16.2. The molecular formula is C21H26N2O3S. The van der Waals surface area contributed by atoms with Crippen LogP contribution >= 0.6 is 11.3 Å². The maximum absolute atomic E-state index is 11.8. The molecule has 1 aromatic heterocycles. The van der Waals surface area contributed by atoms with Crippen molar-refractivity contribution in [2.75, 3.05) is 13.1 Å². The van der Waals surface area contributed by atoms with Gasteiger partial charge in [0.25, 0.3) is 0 Å². The lowest BCUT2D eigenvalue weighted by molar-refractivity contribution is -0.122. The molecule has 2 aromatic rings. The molecule has 27 heavy (non-hydrogen) atoms. The van der Waals surface area contributed by atoms with Crippen molar-refractivity contribution in [2.24, 2.45) is 0 Å². The highest BCUT2D eigenvalue weighted by atomic mass is 32.1. The summed E-state index contributed by atoms with van der Waals surface area (Å²) in [6.45, 7) is 0.941. The van der Waals surface area contributed by atoms with Crippen LogP contribution in [-0.2, 0) is 16.0 Å². The smallest absolute Gasteiger partial charge is 0.221 e. The molecule has 0 saturated heterocycles. The number of unbranched alkanes of at least 4 members (excludes halogenated alkanes) is 1. The van der Waals surface area contributed by atoms with E-state index in [1.54, 1.807) is 6.07 Å². The molecule has 1 aromatic carbocycles. The van der Waals surface area contributed by atoms with Crippen LogP contribution in [0.5, 0.6) is 0 Å². The van der Waals surface area contributed by atoms with Crippen molar-refractivity contribution in [3.05, 3.63) is 58.3 Å². The minimum absolute atomic E-state index is 0.0200. The molecule has 0 aliphatic heterocycles. The molecule has 5 nitrogen and oxygen atoms in total. The number of thiophene rings is 1. The standard InChI is InChI=1S/C21H26N2O3S/c24-18(19-10-6-16-27-19)11-12-20(25)23-15-13-21(26)22-14-5-4-9-17-7-2-1-3-8-17/h1-3,6-8,10,16H,4-5,9,11-15H2,(H,22,26)(H,23,25). The molecule has 0 atom stereocenters.